The van der Waals surface area contributed by atoms with Crippen molar-refractivity contribution in [2.24, 2.45) is 0 Å². The Morgan fingerprint density at radius 1 is 1.04 bits per heavy atom. The molecular weight excluding hydrogens is 314 g/mol. The van der Waals surface area contributed by atoms with Gasteiger partial charge in [-0.2, -0.15) is 0 Å². The van der Waals surface area contributed by atoms with Crippen molar-refractivity contribution in [3.05, 3.63) is 71.6 Å². The minimum absolute atomic E-state index is 0.463. The Bertz CT molecular complexity index is 784. The highest BCUT2D eigenvalue weighted by Gasteiger charge is 2.12. The second-order valence-electron chi connectivity index (χ2n) is 6.32. The molecule has 0 aliphatic rings. The van der Waals surface area contributed by atoms with E-state index in [2.05, 4.69) is 15.1 Å². The maximum absolute atomic E-state index is 10.2. The third-order valence-electron chi connectivity index (χ3n) is 4.14. The SMILES string of the molecule is Cc1ccc(-c2nnc(CN(C)CCC(O)c3ccccc3)o2)cc1. The summed E-state index contributed by atoms with van der Waals surface area (Å²) in [5.41, 5.74) is 3.06. The number of aryl methyl sites for hydroxylation is 1. The Kier molecular flexibility index (Phi) is 5.58. The van der Waals surface area contributed by atoms with Crippen LogP contribution in [-0.4, -0.2) is 33.8 Å². The first-order valence-corrected chi connectivity index (χ1v) is 8.43. The van der Waals surface area contributed by atoms with Gasteiger partial charge in [-0.3, -0.25) is 4.90 Å². The van der Waals surface area contributed by atoms with Gasteiger partial charge >= 0.3 is 0 Å². The molecule has 1 N–H and O–H groups in total. The standard InChI is InChI=1S/C20H23N3O2/c1-15-8-10-17(11-9-15)20-22-21-19(25-20)14-23(2)13-12-18(24)16-6-4-3-5-7-16/h3-11,18,24H,12-14H2,1-2H3. The van der Waals surface area contributed by atoms with Crippen molar-refractivity contribution in [3.63, 3.8) is 0 Å². The number of nitrogens with zero attached hydrogens (tertiary/aromatic N) is 3. The topological polar surface area (TPSA) is 62.4 Å². The lowest BCUT2D eigenvalue weighted by atomic mass is 10.1. The molecule has 5 nitrogen and oxygen atoms in total. The first-order chi connectivity index (χ1) is 12.1. The molecule has 1 unspecified atom stereocenters. The molecule has 1 atom stereocenters. The van der Waals surface area contributed by atoms with Gasteiger partial charge in [0.2, 0.25) is 11.8 Å². The molecule has 0 radical (unpaired) electrons. The molecule has 130 valence electrons. The number of aromatic nitrogens is 2. The third kappa shape index (κ3) is 4.75. The molecule has 0 saturated heterocycles. The molecule has 0 aliphatic carbocycles. The van der Waals surface area contributed by atoms with E-state index in [-0.39, 0.29) is 0 Å². The summed E-state index contributed by atoms with van der Waals surface area (Å²) in [7, 11) is 1.98. The lowest BCUT2D eigenvalue weighted by Gasteiger charge is -2.17. The highest BCUT2D eigenvalue weighted by Crippen LogP contribution is 2.19. The summed E-state index contributed by atoms with van der Waals surface area (Å²) in [6.45, 7) is 3.33. The van der Waals surface area contributed by atoms with Crippen LogP contribution >= 0.6 is 0 Å². The summed E-state index contributed by atoms with van der Waals surface area (Å²) in [5.74, 6) is 1.11. The maximum Gasteiger partial charge on any atom is 0.247 e. The number of rotatable bonds is 7. The van der Waals surface area contributed by atoms with E-state index in [1.54, 1.807) is 0 Å². The molecule has 1 heterocycles. The average molecular weight is 337 g/mol. The van der Waals surface area contributed by atoms with Gasteiger partial charge in [-0.05, 0) is 38.1 Å². The Morgan fingerprint density at radius 3 is 2.48 bits per heavy atom. The van der Waals surface area contributed by atoms with Crippen LogP contribution in [0.25, 0.3) is 11.5 Å². The lowest BCUT2D eigenvalue weighted by Crippen LogP contribution is -2.21. The molecule has 0 fully saturated rings. The Balaban J connectivity index is 1.53. The van der Waals surface area contributed by atoms with Gasteiger partial charge in [0.1, 0.15) is 0 Å². The lowest BCUT2D eigenvalue weighted by molar-refractivity contribution is 0.145. The minimum Gasteiger partial charge on any atom is -0.419 e. The van der Waals surface area contributed by atoms with Gasteiger partial charge in [-0.15, -0.1) is 10.2 Å². The fourth-order valence-corrected chi connectivity index (χ4v) is 2.62. The molecule has 25 heavy (non-hydrogen) atoms. The molecule has 3 rings (SSSR count). The Hall–Kier alpha value is -2.50. The second-order valence-corrected chi connectivity index (χ2v) is 6.32. The van der Waals surface area contributed by atoms with Crippen molar-refractivity contribution in [2.45, 2.75) is 26.0 Å². The highest BCUT2D eigenvalue weighted by molar-refractivity contribution is 5.52. The van der Waals surface area contributed by atoms with E-state index in [1.165, 1.54) is 5.56 Å². The molecule has 0 saturated carbocycles. The Morgan fingerprint density at radius 2 is 1.76 bits per heavy atom. The van der Waals surface area contributed by atoms with E-state index in [0.717, 1.165) is 17.7 Å². The first-order valence-electron chi connectivity index (χ1n) is 8.43. The zero-order valence-electron chi connectivity index (χ0n) is 14.6. The van der Waals surface area contributed by atoms with Crippen LogP contribution in [0.5, 0.6) is 0 Å². The van der Waals surface area contributed by atoms with Gasteiger partial charge in [0.25, 0.3) is 0 Å². The number of benzene rings is 2. The van der Waals surface area contributed by atoms with Crippen molar-refractivity contribution in [3.8, 4) is 11.5 Å². The second kappa shape index (κ2) is 8.05. The van der Waals surface area contributed by atoms with Gasteiger partial charge in [0.05, 0.1) is 12.6 Å². The fourth-order valence-electron chi connectivity index (χ4n) is 2.62. The van der Waals surface area contributed by atoms with E-state index < -0.39 is 6.10 Å². The normalized spacial score (nSPS) is 12.5. The number of hydrogen-bond acceptors (Lipinski definition) is 5. The van der Waals surface area contributed by atoms with Gasteiger partial charge in [-0.1, -0.05) is 48.0 Å². The molecule has 0 aliphatic heterocycles. The summed E-state index contributed by atoms with van der Waals surface area (Å²) in [6.07, 6.45) is 0.189. The summed E-state index contributed by atoms with van der Waals surface area (Å²) < 4.78 is 5.75. The van der Waals surface area contributed by atoms with Crippen LogP contribution in [0.4, 0.5) is 0 Å². The average Bonchev–Trinajstić information content (AvgIpc) is 3.09. The monoisotopic (exact) mass is 337 g/mol. The molecule has 1 aromatic heterocycles. The smallest absolute Gasteiger partial charge is 0.247 e. The van der Waals surface area contributed by atoms with Crippen LogP contribution in [0.1, 0.15) is 29.5 Å². The molecule has 0 bridgehead atoms. The predicted octanol–water partition coefficient (Wildman–Crippen LogP) is 3.60. The van der Waals surface area contributed by atoms with Crippen molar-refractivity contribution in [1.29, 1.82) is 0 Å². The minimum atomic E-state index is -0.463. The predicted molar refractivity (Wildman–Crippen MR) is 96.8 cm³/mol. The zero-order valence-corrected chi connectivity index (χ0v) is 14.6. The highest BCUT2D eigenvalue weighted by atomic mass is 16.4. The van der Waals surface area contributed by atoms with Crippen molar-refractivity contribution in [2.75, 3.05) is 13.6 Å². The largest absolute Gasteiger partial charge is 0.419 e. The molecule has 0 amide bonds. The van der Waals surface area contributed by atoms with E-state index in [0.29, 0.717) is 24.7 Å². The van der Waals surface area contributed by atoms with Gasteiger partial charge in [0, 0.05) is 12.1 Å². The zero-order chi connectivity index (χ0) is 17.6. The van der Waals surface area contributed by atoms with E-state index >= 15 is 0 Å². The summed E-state index contributed by atoms with van der Waals surface area (Å²) in [4.78, 5) is 2.07. The van der Waals surface area contributed by atoms with Crippen LogP contribution in [0.15, 0.2) is 59.0 Å². The van der Waals surface area contributed by atoms with Crippen molar-refractivity contribution in [1.82, 2.24) is 15.1 Å². The van der Waals surface area contributed by atoms with Crippen molar-refractivity contribution >= 4 is 0 Å². The van der Waals surface area contributed by atoms with Gasteiger partial charge < -0.3 is 9.52 Å². The number of aliphatic hydroxyl groups excluding tert-OH is 1. The van der Waals surface area contributed by atoms with Crippen LogP contribution in [0.3, 0.4) is 0 Å². The van der Waals surface area contributed by atoms with Crippen LogP contribution in [0, 0.1) is 6.92 Å². The van der Waals surface area contributed by atoms with E-state index in [4.69, 9.17) is 4.42 Å². The first kappa shape index (κ1) is 17.3. The van der Waals surface area contributed by atoms with Crippen LogP contribution < -0.4 is 0 Å². The molecule has 2 aromatic carbocycles. The maximum atomic E-state index is 10.2. The molecule has 5 heteroatoms. The number of hydrogen-bond donors (Lipinski definition) is 1. The van der Waals surface area contributed by atoms with Gasteiger partial charge in [-0.25, -0.2) is 0 Å². The van der Waals surface area contributed by atoms with Crippen LogP contribution in [0.2, 0.25) is 0 Å². The van der Waals surface area contributed by atoms with Crippen molar-refractivity contribution < 1.29 is 9.52 Å². The third-order valence-corrected chi connectivity index (χ3v) is 4.14. The number of aliphatic hydroxyl groups is 1. The molecular formula is C20H23N3O2. The van der Waals surface area contributed by atoms with Gasteiger partial charge in [0.15, 0.2) is 0 Å². The summed E-state index contributed by atoms with van der Waals surface area (Å²) in [6, 6.07) is 17.7. The van der Waals surface area contributed by atoms with E-state index in [1.807, 2.05) is 68.6 Å². The fraction of sp³-hybridized carbons (Fsp3) is 0.300. The summed E-state index contributed by atoms with van der Waals surface area (Å²) in [5, 5.41) is 18.5. The molecule has 0 spiro atoms. The van der Waals surface area contributed by atoms with Crippen LogP contribution in [-0.2, 0) is 6.54 Å². The molecule has 3 aromatic rings. The quantitative estimate of drug-likeness (QED) is 0.714. The van der Waals surface area contributed by atoms with E-state index in [9.17, 15) is 5.11 Å². The Labute approximate surface area is 147 Å². The summed E-state index contributed by atoms with van der Waals surface area (Å²) >= 11 is 0.